The van der Waals surface area contributed by atoms with Gasteiger partial charge in [0.2, 0.25) is 0 Å². The monoisotopic (exact) mass is 344 g/mol. The molecule has 2 aromatic rings. The van der Waals surface area contributed by atoms with Crippen LogP contribution in [0.25, 0.3) is 0 Å². The van der Waals surface area contributed by atoms with Gasteiger partial charge in [-0.2, -0.15) is 0 Å². The molecule has 0 bridgehead atoms. The molecule has 4 nitrogen and oxygen atoms in total. The average Bonchev–Trinajstić information content (AvgIpc) is 2.88. The summed E-state index contributed by atoms with van der Waals surface area (Å²) < 4.78 is 19.0. The number of hydrogen-bond donors (Lipinski definition) is 1. The highest BCUT2D eigenvalue weighted by Gasteiger charge is 2.20. The Morgan fingerprint density at radius 3 is 2.52 bits per heavy atom. The van der Waals surface area contributed by atoms with E-state index in [0.717, 1.165) is 38.3 Å². The Morgan fingerprint density at radius 1 is 1.04 bits per heavy atom. The van der Waals surface area contributed by atoms with Crippen LogP contribution in [0.4, 0.5) is 10.1 Å². The number of aliphatic hydroxyl groups is 1. The highest BCUT2D eigenvalue weighted by Crippen LogP contribution is 2.22. The molecule has 1 saturated heterocycles. The molecular weight excluding hydrogens is 319 g/mol. The van der Waals surface area contributed by atoms with Crippen molar-refractivity contribution < 1.29 is 14.2 Å². The Balaban J connectivity index is 1.58. The van der Waals surface area contributed by atoms with Crippen molar-refractivity contribution in [2.75, 3.05) is 44.7 Å². The number of benzene rings is 2. The molecule has 1 aliphatic heterocycles. The third-order valence-corrected chi connectivity index (χ3v) is 4.72. The van der Waals surface area contributed by atoms with E-state index in [1.54, 1.807) is 25.3 Å². The second kappa shape index (κ2) is 8.32. The van der Waals surface area contributed by atoms with Gasteiger partial charge < -0.3 is 14.7 Å². The molecule has 134 valence electrons. The summed E-state index contributed by atoms with van der Waals surface area (Å²) in [5.41, 5.74) is 1.55. The SMILES string of the molecule is COc1ccc(N2CCCN(CC(O)c3ccccc3F)CC2)cc1. The van der Waals surface area contributed by atoms with Gasteiger partial charge in [0, 0.05) is 44.0 Å². The van der Waals surface area contributed by atoms with Crippen molar-refractivity contribution in [2.24, 2.45) is 0 Å². The first-order valence-electron chi connectivity index (χ1n) is 8.71. The van der Waals surface area contributed by atoms with Gasteiger partial charge in [-0.3, -0.25) is 4.90 Å². The first-order chi connectivity index (χ1) is 12.2. The van der Waals surface area contributed by atoms with Crippen LogP contribution in [0.3, 0.4) is 0 Å². The van der Waals surface area contributed by atoms with Crippen molar-refractivity contribution in [2.45, 2.75) is 12.5 Å². The van der Waals surface area contributed by atoms with Crippen LogP contribution in [0.1, 0.15) is 18.1 Å². The van der Waals surface area contributed by atoms with Gasteiger partial charge in [-0.1, -0.05) is 18.2 Å². The van der Waals surface area contributed by atoms with E-state index in [0.29, 0.717) is 12.1 Å². The van der Waals surface area contributed by atoms with Crippen LogP contribution >= 0.6 is 0 Å². The van der Waals surface area contributed by atoms with Crippen molar-refractivity contribution in [3.63, 3.8) is 0 Å². The van der Waals surface area contributed by atoms with Crippen molar-refractivity contribution >= 4 is 5.69 Å². The number of ether oxygens (including phenoxy) is 1. The molecule has 0 radical (unpaired) electrons. The third kappa shape index (κ3) is 4.50. The fourth-order valence-electron chi connectivity index (χ4n) is 3.29. The molecule has 1 unspecified atom stereocenters. The number of halogens is 1. The van der Waals surface area contributed by atoms with E-state index < -0.39 is 6.10 Å². The van der Waals surface area contributed by atoms with Crippen LogP contribution in [0.2, 0.25) is 0 Å². The zero-order chi connectivity index (χ0) is 17.6. The molecular formula is C20H25FN2O2. The summed E-state index contributed by atoms with van der Waals surface area (Å²) >= 11 is 0. The van der Waals surface area contributed by atoms with E-state index in [-0.39, 0.29) is 5.82 Å². The molecule has 1 aliphatic rings. The topological polar surface area (TPSA) is 35.9 Å². The molecule has 0 saturated carbocycles. The smallest absolute Gasteiger partial charge is 0.129 e. The van der Waals surface area contributed by atoms with Gasteiger partial charge in [0.05, 0.1) is 13.2 Å². The normalized spacial score (nSPS) is 17.2. The lowest BCUT2D eigenvalue weighted by atomic mass is 10.1. The summed E-state index contributed by atoms with van der Waals surface area (Å²) in [7, 11) is 1.67. The molecule has 1 heterocycles. The largest absolute Gasteiger partial charge is 0.497 e. The van der Waals surface area contributed by atoms with E-state index >= 15 is 0 Å². The number of β-amino-alcohol motifs (C(OH)–C–C–N with tert-alkyl or cyclic N) is 1. The number of methoxy groups -OCH3 is 1. The number of rotatable bonds is 5. The number of nitrogens with zero attached hydrogens (tertiary/aromatic N) is 2. The average molecular weight is 344 g/mol. The maximum absolute atomic E-state index is 13.8. The second-order valence-corrected chi connectivity index (χ2v) is 6.38. The fraction of sp³-hybridized carbons (Fsp3) is 0.400. The summed E-state index contributed by atoms with van der Waals surface area (Å²) in [6.45, 7) is 4.06. The highest BCUT2D eigenvalue weighted by atomic mass is 19.1. The molecule has 0 aliphatic carbocycles. The van der Waals surface area contributed by atoms with Crippen molar-refractivity contribution in [3.8, 4) is 5.75 Å². The van der Waals surface area contributed by atoms with Crippen LogP contribution in [0.15, 0.2) is 48.5 Å². The molecule has 1 N–H and O–H groups in total. The molecule has 5 heteroatoms. The molecule has 1 atom stereocenters. The summed E-state index contributed by atoms with van der Waals surface area (Å²) in [6, 6.07) is 14.5. The number of hydrogen-bond acceptors (Lipinski definition) is 4. The quantitative estimate of drug-likeness (QED) is 0.904. The van der Waals surface area contributed by atoms with Gasteiger partial charge in [0.1, 0.15) is 11.6 Å². The third-order valence-electron chi connectivity index (χ3n) is 4.72. The molecule has 0 aromatic heterocycles. The van der Waals surface area contributed by atoms with Crippen LogP contribution in [0, 0.1) is 5.82 Å². The van der Waals surface area contributed by atoms with Crippen molar-refractivity contribution in [1.82, 2.24) is 4.90 Å². The maximum atomic E-state index is 13.8. The standard InChI is InChI=1S/C20H25FN2O2/c1-25-17-9-7-16(8-10-17)23-12-4-11-22(13-14-23)15-20(24)18-5-2-3-6-19(18)21/h2-3,5-10,20,24H,4,11-15H2,1H3. The molecule has 2 aromatic carbocycles. The Hall–Kier alpha value is -2.11. The van der Waals surface area contributed by atoms with Crippen molar-refractivity contribution in [3.05, 3.63) is 59.9 Å². The minimum absolute atomic E-state index is 0.343. The first-order valence-corrected chi connectivity index (χ1v) is 8.71. The Kier molecular flexibility index (Phi) is 5.89. The molecule has 1 fully saturated rings. The lowest BCUT2D eigenvalue weighted by molar-refractivity contribution is 0.114. The predicted octanol–water partition coefficient (Wildman–Crippen LogP) is 3.08. The molecule has 3 rings (SSSR count). The van der Waals surface area contributed by atoms with E-state index in [1.165, 1.54) is 11.8 Å². The molecule has 25 heavy (non-hydrogen) atoms. The first kappa shape index (κ1) is 17.7. The minimum atomic E-state index is -0.797. The summed E-state index contributed by atoms with van der Waals surface area (Å²) in [4.78, 5) is 4.55. The summed E-state index contributed by atoms with van der Waals surface area (Å²) in [5.74, 6) is 0.512. The zero-order valence-corrected chi connectivity index (χ0v) is 14.6. The maximum Gasteiger partial charge on any atom is 0.129 e. The van der Waals surface area contributed by atoms with E-state index in [9.17, 15) is 9.50 Å². The lowest BCUT2D eigenvalue weighted by Gasteiger charge is -2.25. The Bertz CT molecular complexity index is 678. The van der Waals surface area contributed by atoms with E-state index in [1.807, 2.05) is 12.1 Å². The number of anilines is 1. The number of aliphatic hydroxyl groups excluding tert-OH is 1. The zero-order valence-electron chi connectivity index (χ0n) is 14.6. The van der Waals surface area contributed by atoms with Gasteiger partial charge in [-0.25, -0.2) is 4.39 Å². The van der Waals surface area contributed by atoms with Crippen molar-refractivity contribution in [1.29, 1.82) is 0 Å². The van der Waals surface area contributed by atoms with E-state index in [4.69, 9.17) is 4.74 Å². The Morgan fingerprint density at radius 2 is 1.80 bits per heavy atom. The van der Waals surface area contributed by atoms with Crippen LogP contribution < -0.4 is 9.64 Å². The van der Waals surface area contributed by atoms with Crippen LogP contribution in [0.5, 0.6) is 5.75 Å². The predicted molar refractivity (Wildman–Crippen MR) is 97.6 cm³/mol. The summed E-state index contributed by atoms with van der Waals surface area (Å²) in [6.07, 6.45) is 0.212. The van der Waals surface area contributed by atoms with Gasteiger partial charge in [0.15, 0.2) is 0 Å². The van der Waals surface area contributed by atoms with E-state index in [2.05, 4.69) is 21.9 Å². The second-order valence-electron chi connectivity index (χ2n) is 6.38. The Labute approximate surface area is 148 Å². The van der Waals surface area contributed by atoms with Gasteiger partial charge in [-0.15, -0.1) is 0 Å². The fourth-order valence-corrected chi connectivity index (χ4v) is 3.29. The molecule has 0 spiro atoms. The molecule has 0 amide bonds. The van der Waals surface area contributed by atoms with Crippen LogP contribution in [-0.2, 0) is 0 Å². The van der Waals surface area contributed by atoms with Gasteiger partial charge in [0.25, 0.3) is 0 Å². The summed E-state index contributed by atoms with van der Waals surface area (Å²) in [5, 5.41) is 10.4. The highest BCUT2D eigenvalue weighted by molar-refractivity contribution is 5.49. The van der Waals surface area contributed by atoms with Crippen LogP contribution in [-0.4, -0.2) is 49.8 Å². The lowest BCUT2D eigenvalue weighted by Crippen LogP contribution is -2.33. The van der Waals surface area contributed by atoms with Gasteiger partial charge >= 0.3 is 0 Å². The minimum Gasteiger partial charge on any atom is -0.497 e. The van der Waals surface area contributed by atoms with Gasteiger partial charge in [-0.05, 0) is 36.8 Å².